The summed E-state index contributed by atoms with van der Waals surface area (Å²) in [6, 6.07) is 8.94. The molecule has 0 saturated carbocycles. The van der Waals surface area contributed by atoms with Crippen molar-refractivity contribution in [2.24, 2.45) is 4.99 Å². The molecule has 2 rings (SSSR count). The van der Waals surface area contributed by atoms with Crippen LogP contribution in [-0.4, -0.2) is 6.08 Å². The minimum Gasteiger partial charge on any atom is -0.488 e. The Hall–Kier alpha value is -2.45. The minimum absolute atomic E-state index is 0.212. The zero-order valence-electron chi connectivity index (χ0n) is 12.2. The fraction of sp³-hybridized carbons (Fsp3) is 0.235. The molecule has 21 heavy (non-hydrogen) atoms. The third kappa shape index (κ3) is 3.18. The number of carbonyl (C=O) groups excluding carboxylic acids is 1. The van der Waals surface area contributed by atoms with Gasteiger partial charge in [0.15, 0.2) is 0 Å². The smallest absolute Gasteiger partial charge is 0.240 e. The molecule has 0 N–H and O–H groups in total. The molecule has 2 aromatic rings. The first kappa shape index (κ1) is 14.9. The molecular weight excluding hydrogens is 269 g/mol. The highest BCUT2D eigenvalue weighted by Crippen LogP contribution is 2.28. The van der Waals surface area contributed by atoms with Gasteiger partial charge in [-0.3, -0.25) is 0 Å². The number of aliphatic imine (C=N–C) groups is 1. The minimum atomic E-state index is -0.246. The number of rotatable bonds is 4. The molecule has 0 aliphatic rings. The fourth-order valence-electron chi connectivity index (χ4n) is 2.07. The van der Waals surface area contributed by atoms with Gasteiger partial charge in [-0.1, -0.05) is 18.2 Å². The van der Waals surface area contributed by atoms with Crippen molar-refractivity contribution in [3.63, 3.8) is 0 Å². The molecule has 0 heterocycles. The van der Waals surface area contributed by atoms with Crippen LogP contribution in [0.1, 0.15) is 22.3 Å². The molecule has 0 amide bonds. The summed E-state index contributed by atoms with van der Waals surface area (Å²) in [7, 11) is 0. The van der Waals surface area contributed by atoms with E-state index in [9.17, 15) is 9.18 Å². The molecule has 0 atom stereocenters. The highest BCUT2D eigenvalue weighted by molar-refractivity contribution is 5.53. The Labute approximate surface area is 123 Å². The second kappa shape index (κ2) is 6.33. The third-order valence-electron chi connectivity index (χ3n) is 3.51. The van der Waals surface area contributed by atoms with Crippen LogP contribution in [0.15, 0.2) is 35.3 Å². The topological polar surface area (TPSA) is 38.7 Å². The molecule has 0 saturated heterocycles. The van der Waals surface area contributed by atoms with Crippen LogP contribution in [-0.2, 0) is 11.4 Å². The summed E-state index contributed by atoms with van der Waals surface area (Å²) in [5.41, 5.74) is 3.21. The summed E-state index contributed by atoms with van der Waals surface area (Å²) in [4.78, 5) is 14.0. The van der Waals surface area contributed by atoms with Gasteiger partial charge in [0, 0.05) is 11.1 Å². The Morgan fingerprint density at radius 2 is 1.90 bits per heavy atom. The van der Waals surface area contributed by atoms with Crippen molar-refractivity contribution in [3.05, 3.63) is 58.4 Å². The average Bonchev–Trinajstić information content (AvgIpc) is 2.49. The SMILES string of the molecule is Cc1cc(OCc2ccccc2N=C=O)c(C)c(F)c1C. The van der Waals surface area contributed by atoms with E-state index in [1.165, 1.54) is 6.08 Å². The molecule has 0 aliphatic carbocycles. The molecule has 0 aromatic heterocycles. The maximum atomic E-state index is 14.0. The average molecular weight is 285 g/mol. The van der Waals surface area contributed by atoms with E-state index in [-0.39, 0.29) is 12.4 Å². The number of hydrogen-bond acceptors (Lipinski definition) is 3. The first-order chi connectivity index (χ1) is 10.0. The van der Waals surface area contributed by atoms with Crippen LogP contribution in [0, 0.1) is 26.6 Å². The highest BCUT2D eigenvalue weighted by atomic mass is 19.1. The molecule has 2 aromatic carbocycles. The van der Waals surface area contributed by atoms with Crippen molar-refractivity contribution in [2.45, 2.75) is 27.4 Å². The lowest BCUT2D eigenvalue weighted by Crippen LogP contribution is -2.01. The second-order valence-corrected chi connectivity index (χ2v) is 4.88. The Kier molecular flexibility index (Phi) is 4.51. The van der Waals surface area contributed by atoms with Gasteiger partial charge in [0.1, 0.15) is 18.2 Å². The lowest BCUT2D eigenvalue weighted by Gasteiger charge is -2.14. The number of para-hydroxylation sites is 1. The normalized spacial score (nSPS) is 10.1. The maximum absolute atomic E-state index is 14.0. The number of benzene rings is 2. The predicted octanol–water partition coefficient (Wildman–Crippen LogP) is 4.30. The number of halogens is 1. The molecule has 0 bridgehead atoms. The first-order valence-corrected chi connectivity index (χ1v) is 6.59. The fourth-order valence-corrected chi connectivity index (χ4v) is 2.07. The summed E-state index contributed by atoms with van der Waals surface area (Å²) in [6.07, 6.45) is 1.52. The molecule has 0 spiro atoms. The predicted molar refractivity (Wildman–Crippen MR) is 79.2 cm³/mol. The van der Waals surface area contributed by atoms with E-state index in [0.29, 0.717) is 22.6 Å². The van der Waals surface area contributed by atoms with Crippen molar-refractivity contribution in [1.29, 1.82) is 0 Å². The molecule has 108 valence electrons. The van der Waals surface area contributed by atoms with E-state index < -0.39 is 0 Å². The third-order valence-corrected chi connectivity index (χ3v) is 3.51. The van der Waals surface area contributed by atoms with Crippen molar-refractivity contribution < 1.29 is 13.9 Å². The zero-order valence-corrected chi connectivity index (χ0v) is 12.2. The van der Waals surface area contributed by atoms with Crippen molar-refractivity contribution in [1.82, 2.24) is 0 Å². The van der Waals surface area contributed by atoms with Gasteiger partial charge in [0.05, 0.1) is 5.69 Å². The van der Waals surface area contributed by atoms with Crippen molar-refractivity contribution >= 4 is 11.8 Å². The van der Waals surface area contributed by atoms with Crippen LogP contribution in [0.25, 0.3) is 0 Å². The molecule has 0 unspecified atom stereocenters. The quantitative estimate of drug-likeness (QED) is 0.620. The maximum Gasteiger partial charge on any atom is 0.240 e. The zero-order chi connectivity index (χ0) is 15.4. The van der Waals surface area contributed by atoms with Crippen LogP contribution in [0.3, 0.4) is 0 Å². The lowest BCUT2D eigenvalue weighted by molar-refractivity contribution is 0.302. The number of ether oxygens (including phenoxy) is 1. The second-order valence-electron chi connectivity index (χ2n) is 4.88. The van der Waals surface area contributed by atoms with Crippen LogP contribution >= 0.6 is 0 Å². The van der Waals surface area contributed by atoms with Gasteiger partial charge in [-0.25, -0.2) is 9.18 Å². The Morgan fingerprint density at radius 3 is 2.62 bits per heavy atom. The van der Waals surface area contributed by atoms with Gasteiger partial charge < -0.3 is 4.74 Å². The highest BCUT2D eigenvalue weighted by Gasteiger charge is 2.12. The van der Waals surface area contributed by atoms with E-state index in [1.54, 1.807) is 26.0 Å². The number of hydrogen-bond donors (Lipinski definition) is 0. The summed E-state index contributed by atoms with van der Waals surface area (Å²) < 4.78 is 19.7. The van der Waals surface area contributed by atoms with Crippen LogP contribution in [0.4, 0.5) is 10.1 Å². The van der Waals surface area contributed by atoms with Crippen LogP contribution in [0.5, 0.6) is 5.75 Å². The summed E-state index contributed by atoms with van der Waals surface area (Å²) in [6.45, 7) is 5.49. The number of nitrogens with zero attached hydrogens (tertiary/aromatic N) is 1. The van der Waals surface area contributed by atoms with Crippen LogP contribution < -0.4 is 4.74 Å². The first-order valence-electron chi connectivity index (χ1n) is 6.59. The van der Waals surface area contributed by atoms with Gasteiger partial charge in [-0.2, -0.15) is 4.99 Å². The standard InChI is InChI=1S/C17H16FNO2/c1-11-8-16(13(3)17(18)12(11)2)21-9-14-6-4-5-7-15(14)19-10-20/h4-8H,9H2,1-3H3. The van der Waals surface area contributed by atoms with Crippen molar-refractivity contribution in [2.75, 3.05) is 0 Å². The lowest BCUT2D eigenvalue weighted by atomic mass is 10.0. The Balaban J connectivity index is 2.27. The molecule has 0 aliphatic heterocycles. The Bertz CT molecular complexity index is 719. The van der Waals surface area contributed by atoms with Crippen molar-refractivity contribution in [3.8, 4) is 5.75 Å². The van der Waals surface area contributed by atoms with E-state index >= 15 is 0 Å². The summed E-state index contributed by atoms with van der Waals surface area (Å²) in [5, 5.41) is 0. The van der Waals surface area contributed by atoms with Gasteiger partial charge in [0.2, 0.25) is 6.08 Å². The van der Waals surface area contributed by atoms with Gasteiger partial charge in [0.25, 0.3) is 0 Å². The molecule has 0 fully saturated rings. The number of aryl methyl sites for hydroxylation is 1. The van der Waals surface area contributed by atoms with Gasteiger partial charge in [-0.05, 0) is 44.0 Å². The molecule has 3 nitrogen and oxygen atoms in total. The van der Waals surface area contributed by atoms with Crippen LogP contribution in [0.2, 0.25) is 0 Å². The summed E-state index contributed by atoms with van der Waals surface area (Å²) >= 11 is 0. The molecule has 4 heteroatoms. The Morgan fingerprint density at radius 1 is 1.19 bits per heavy atom. The monoisotopic (exact) mass is 285 g/mol. The van der Waals surface area contributed by atoms with E-state index in [4.69, 9.17) is 4.74 Å². The van der Waals surface area contributed by atoms with Gasteiger partial charge in [-0.15, -0.1) is 0 Å². The van der Waals surface area contributed by atoms with E-state index in [1.807, 2.05) is 25.1 Å². The van der Waals surface area contributed by atoms with E-state index in [0.717, 1.165) is 11.1 Å². The van der Waals surface area contributed by atoms with Gasteiger partial charge >= 0.3 is 0 Å². The summed E-state index contributed by atoms with van der Waals surface area (Å²) in [5.74, 6) is 0.254. The largest absolute Gasteiger partial charge is 0.488 e. The molecular formula is C17H16FNO2. The number of isocyanates is 1. The molecule has 0 radical (unpaired) electrons. The van der Waals surface area contributed by atoms with E-state index in [2.05, 4.69) is 4.99 Å².